The molecule has 106 valence electrons. The molecule has 1 aromatic heterocycles. The smallest absolute Gasteiger partial charge is 0.239 e. The molecule has 0 bridgehead atoms. The largest absolute Gasteiger partial charge is 0.383 e. The summed E-state index contributed by atoms with van der Waals surface area (Å²) in [5.74, 6) is 1.93. The van der Waals surface area contributed by atoms with E-state index in [0.29, 0.717) is 24.8 Å². The van der Waals surface area contributed by atoms with Gasteiger partial charge in [-0.25, -0.2) is 9.97 Å². The SMILES string of the molecule is CCNc1cc(NCC(=O)NCCOC)nc(C)n1. The number of aryl methyl sites for hydroxylation is 1. The number of nitrogens with one attached hydrogen (secondary N) is 3. The van der Waals surface area contributed by atoms with Gasteiger partial charge in [0.2, 0.25) is 5.91 Å². The summed E-state index contributed by atoms with van der Waals surface area (Å²) in [6, 6.07) is 1.78. The Morgan fingerprint density at radius 2 is 2.00 bits per heavy atom. The second-order valence-corrected chi connectivity index (χ2v) is 3.91. The molecule has 0 aliphatic heterocycles. The highest BCUT2D eigenvalue weighted by atomic mass is 16.5. The molecule has 0 spiro atoms. The third-order valence-corrected chi connectivity index (χ3v) is 2.25. The van der Waals surface area contributed by atoms with Gasteiger partial charge in [0.15, 0.2) is 0 Å². The molecule has 1 amide bonds. The van der Waals surface area contributed by atoms with E-state index in [-0.39, 0.29) is 12.5 Å². The zero-order chi connectivity index (χ0) is 14.1. The van der Waals surface area contributed by atoms with Crippen LogP contribution >= 0.6 is 0 Å². The van der Waals surface area contributed by atoms with Gasteiger partial charge in [-0.15, -0.1) is 0 Å². The highest BCUT2D eigenvalue weighted by molar-refractivity contribution is 5.80. The van der Waals surface area contributed by atoms with Crippen molar-refractivity contribution in [2.24, 2.45) is 0 Å². The fourth-order valence-electron chi connectivity index (χ4n) is 1.46. The monoisotopic (exact) mass is 267 g/mol. The Morgan fingerprint density at radius 1 is 1.32 bits per heavy atom. The Morgan fingerprint density at radius 3 is 2.63 bits per heavy atom. The molecule has 0 aliphatic carbocycles. The lowest BCUT2D eigenvalue weighted by Crippen LogP contribution is -2.32. The van der Waals surface area contributed by atoms with Crippen LogP contribution < -0.4 is 16.0 Å². The van der Waals surface area contributed by atoms with Gasteiger partial charge < -0.3 is 20.7 Å². The maximum atomic E-state index is 11.5. The fraction of sp³-hybridized carbons (Fsp3) is 0.583. The number of ether oxygens (including phenoxy) is 1. The summed E-state index contributed by atoms with van der Waals surface area (Å²) in [5.41, 5.74) is 0. The Balaban J connectivity index is 2.45. The summed E-state index contributed by atoms with van der Waals surface area (Å²) < 4.78 is 4.85. The van der Waals surface area contributed by atoms with E-state index in [0.717, 1.165) is 12.4 Å². The van der Waals surface area contributed by atoms with E-state index in [1.807, 2.05) is 13.8 Å². The van der Waals surface area contributed by atoms with Crippen LogP contribution in [-0.2, 0) is 9.53 Å². The number of carbonyl (C=O) groups excluding carboxylic acids is 1. The summed E-state index contributed by atoms with van der Waals surface area (Å²) in [7, 11) is 1.59. The van der Waals surface area contributed by atoms with Crippen LogP contribution in [0.15, 0.2) is 6.07 Å². The van der Waals surface area contributed by atoms with Gasteiger partial charge in [0.25, 0.3) is 0 Å². The Kier molecular flexibility index (Phi) is 6.59. The first-order valence-corrected chi connectivity index (χ1v) is 6.24. The van der Waals surface area contributed by atoms with Crippen LogP contribution in [0.4, 0.5) is 11.6 Å². The average molecular weight is 267 g/mol. The average Bonchev–Trinajstić information content (AvgIpc) is 2.36. The predicted molar refractivity (Wildman–Crippen MR) is 74.3 cm³/mol. The topological polar surface area (TPSA) is 88.2 Å². The molecule has 0 fully saturated rings. The lowest BCUT2D eigenvalue weighted by atomic mass is 10.4. The van der Waals surface area contributed by atoms with Gasteiger partial charge in [-0.05, 0) is 13.8 Å². The zero-order valence-corrected chi connectivity index (χ0v) is 11.6. The highest BCUT2D eigenvalue weighted by Crippen LogP contribution is 2.10. The van der Waals surface area contributed by atoms with Crippen molar-refractivity contribution in [3.8, 4) is 0 Å². The number of anilines is 2. The van der Waals surface area contributed by atoms with Crippen LogP contribution in [-0.4, -0.2) is 49.2 Å². The van der Waals surface area contributed by atoms with Gasteiger partial charge in [-0.1, -0.05) is 0 Å². The molecular weight excluding hydrogens is 246 g/mol. The van der Waals surface area contributed by atoms with Crippen LogP contribution in [0.1, 0.15) is 12.7 Å². The van der Waals surface area contributed by atoms with Crippen molar-refractivity contribution in [1.29, 1.82) is 0 Å². The van der Waals surface area contributed by atoms with Gasteiger partial charge in [0, 0.05) is 26.3 Å². The second-order valence-electron chi connectivity index (χ2n) is 3.91. The van der Waals surface area contributed by atoms with E-state index < -0.39 is 0 Å². The number of carbonyl (C=O) groups is 1. The molecule has 0 unspecified atom stereocenters. The minimum Gasteiger partial charge on any atom is -0.383 e. The van der Waals surface area contributed by atoms with E-state index >= 15 is 0 Å². The number of amides is 1. The van der Waals surface area contributed by atoms with Crippen molar-refractivity contribution in [2.75, 3.05) is 44.0 Å². The van der Waals surface area contributed by atoms with Crippen molar-refractivity contribution in [1.82, 2.24) is 15.3 Å². The van der Waals surface area contributed by atoms with Gasteiger partial charge >= 0.3 is 0 Å². The third-order valence-electron chi connectivity index (χ3n) is 2.25. The number of hydrogen-bond donors (Lipinski definition) is 3. The van der Waals surface area contributed by atoms with Crippen molar-refractivity contribution in [3.05, 3.63) is 11.9 Å². The fourth-order valence-corrected chi connectivity index (χ4v) is 1.46. The maximum absolute atomic E-state index is 11.5. The molecule has 1 heterocycles. The zero-order valence-electron chi connectivity index (χ0n) is 11.6. The van der Waals surface area contributed by atoms with Crippen molar-refractivity contribution in [2.45, 2.75) is 13.8 Å². The van der Waals surface area contributed by atoms with Crippen LogP contribution in [0.25, 0.3) is 0 Å². The lowest BCUT2D eigenvalue weighted by Gasteiger charge is -2.09. The number of nitrogens with zero attached hydrogens (tertiary/aromatic N) is 2. The van der Waals surface area contributed by atoms with Crippen LogP contribution in [0.2, 0.25) is 0 Å². The Bertz CT molecular complexity index is 411. The van der Waals surface area contributed by atoms with Crippen molar-refractivity contribution >= 4 is 17.5 Å². The minimum absolute atomic E-state index is 0.0988. The number of hydrogen-bond acceptors (Lipinski definition) is 6. The molecule has 3 N–H and O–H groups in total. The molecule has 7 nitrogen and oxygen atoms in total. The molecule has 0 atom stereocenters. The summed E-state index contributed by atoms with van der Waals surface area (Å²) in [6.45, 7) is 5.77. The molecule has 0 radical (unpaired) electrons. The van der Waals surface area contributed by atoms with Crippen molar-refractivity contribution < 1.29 is 9.53 Å². The van der Waals surface area contributed by atoms with Crippen LogP contribution in [0.5, 0.6) is 0 Å². The normalized spacial score (nSPS) is 10.1. The molecule has 0 saturated carbocycles. The Labute approximate surface area is 113 Å². The lowest BCUT2D eigenvalue weighted by molar-refractivity contribution is -0.119. The van der Waals surface area contributed by atoms with E-state index in [4.69, 9.17) is 4.74 Å². The van der Waals surface area contributed by atoms with E-state index in [1.54, 1.807) is 13.2 Å². The number of rotatable bonds is 8. The van der Waals surface area contributed by atoms with E-state index in [2.05, 4.69) is 25.9 Å². The van der Waals surface area contributed by atoms with Gasteiger partial charge in [0.05, 0.1) is 13.2 Å². The summed E-state index contributed by atoms with van der Waals surface area (Å²) >= 11 is 0. The third kappa shape index (κ3) is 6.01. The first-order valence-electron chi connectivity index (χ1n) is 6.24. The van der Waals surface area contributed by atoms with E-state index in [9.17, 15) is 4.79 Å². The molecule has 1 rings (SSSR count). The number of methoxy groups -OCH3 is 1. The number of aromatic nitrogens is 2. The molecular formula is C12H21N5O2. The molecule has 7 heteroatoms. The first kappa shape index (κ1) is 15.2. The van der Waals surface area contributed by atoms with Gasteiger partial charge in [-0.2, -0.15) is 0 Å². The summed E-state index contributed by atoms with van der Waals surface area (Å²) in [4.78, 5) is 19.9. The summed E-state index contributed by atoms with van der Waals surface area (Å²) in [5, 5.41) is 8.80. The van der Waals surface area contributed by atoms with Crippen molar-refractivity contribution in [3.63, 3.8) is 0 Å². The molecule has 1 aromatic rings. The quantitative estimate of drug-likeness (QED) is 0.591. The molecule has 0 saturated heterocycles. The molecule has 19 heavy (non-hydrogen) atoms. The van der Waals surface area contributed by atoms with Gasteiger partial charge in [0.1, 0.15) is 17.5 Å². The molecule has 0 aromatic carbocycles. The molecule has 0 aliphatic rings. The highest BCUT2D eigenvalue weighted by Gasteiger charge is 2.04. The first-order chi connectivity index (χ1) is 9.15. The van der Waals surface area contributed by atoms with Crippen LogP contribution in [0.3, 0.4) is 0 Å². The standard InChI is InChI=1S/C12H21N5O2/c1-4-13-10-7-11(17-9(2)16-10)15-8-12(18)14-5-6-19-3/h7H,4-6,8H2,1-3H3,(H,14,18)(H2,13,15,16,17). The predicted octanol–water partition coefficient (Wildman–Crippen LogP) is 0.391. The minimum atomic E-state index is -0.0988. The van der Waals surface area contributed by atoms with Crippen LogP contribution in [0, 0.1) is 6.92 Å². The maximum Gasteiger partial charge on any atom is 0.239 e. The Hall–Kier alpha value is -1.89. The van der Waals surface area contributed by atoms with E-state index in [1.165, 1.54) is 0 Å². The van der Waals surface area contributed by atoms with Gasteiger partial charge in [-0.3, -0.25) is 4.79 Å². The second kappa shape index (κ2) is 8.25. The summed E-state index contributed by atoms with van der Waals surface area (Å²) in [6.07, 6.45) is 0.